The van der Waals surface area contributed by atoms with Crippen molar-refractivity contribution in [2.24, 2.45) is 0 Å². The summed E-state index contributed by atoms with van der Waals surface area (Å²) in [6.07, 6.45) is 0.727. The third-order valence-electron chi connectivity index (χ3n) is 1.84. The first-order chi connectivity index (χ1) is 7.71. The Morgan fingerprint density at radius 3 is 2.88 bits per heavy atom. The van der Waals surface area contributed by atoms with Gasteiger partial charge in [-0.05, 0) is 12.1 Å². The first-order valence-corrected chi connectivity index (χ1v) is 4.90. The van der Waals surface area contributed by atoms with Gasteiger partial charge >= 0.3 is 5.97 Å². The molecule has 1 N–H and O–H groups in total. The Morgan fingerprint density at radius 2 is 2.31 bits per heavy atom. The molecule has 0 aliphatic carbocycles. The van der Waals surface area contributed by atoms with Gasteiger partial charge in [-0.1, -0.05) is 18.8 Å². The Morgan fingerprint density at radius 1 is 1.56 bits per heavy atom. The minimum absolute atomic E-state index is 0.162. The molecular weight excluding hydrogens is 206 g/mol. The van der Waals surface area contributed by atoms with Crippen molar-refractivity contribution in [1.82, 2.24) is 4.98 Å². The second kappa shape index (κ2) is 5.89. The Bertz CT molecular complexity index is 443. The molecular formula is C12H13NO3. The van der Waals surface area contributed by atoms with Crippen LogP contribution in [0.2, 0.25) is 0 Å². The van der Waals surface area contributed by atoms with E-state index in [0.29, 0.717) is 11.3 Å². The number of pyridine rings is 1. The minimum Gasteiger partial charge on any atom is -0.464 e. The predicted octanol–water partition coefficient (Wildman–Crippen LogP) is 1.12. The number of methoxy groups -OCH3 is 1. The fourth-order valence-corrected chi connectivity index (χ4v) is 1.14. The predicted molar refractivity (Wildman–Crippen MR) is 58.7 cm³/mol. The highest BCUT2D eigenvalue weighted by Gasteiger charge is 2.09. The number of hydrogen-bond acceptors (Lipinski definition) is 4. The Balaban J connectivity index is 3.15. The number of esters is 1. The second-order valence-corrected chi connectivity index (χ2v) is 3.04. The topological polar surface area (TPSA) is 59.4 Å². The van der Waals surface area contributed by atoms with Crippen LogP contribution in [0.25, 0.3) is 0 Å². The van der Waals surface area contributed by atoms with E-state index >= 15 is 0 Å². The molecule has 0 aromatic carbocycles. The highest BCUT2D eigenvalue weighted by atomic mass is 16.5. The normalized spacial score (nSPS) is 9.19. The molecule has 0 saturated carbocycles. The summed E-state index contributed by atoms with van der Waals surface area (Å²) < 4.78 is 4.56. The molecule has 0 aliphatic rings. The molecule has 84 valence electrons. The minimum atomic E-state index is -0.533. The molecule has 4 heteroatoms. The van der Waals surface area contributed by atoms with Crippen LogP contribution in [0.15, 0.2) is 12.1 Å². The maximum Gasteiger partial charge on any atom is 0.356 e. The third kappa shape index (κ3) is 3.07. The van der Waals surface area contributed by atoms with E-state index < -0.39 is 5.97 Å². The van der Waals surface area contributed by atoms with Crippen molar-refractivity contribution in [3.05, 3.63) is 29.1 Å². The zero-order chi connectivity index (χ0) is 12.0. The van der Waals surface area contributed by atoms with Crippen LogP contribution in [0.3, 0.4) is 0 Å². The molecule has 0 unspecified atom stereocenters. The lowest BCUT2D eigenvalue weighted by molar-refractivity contribution is 0.0593. The lowest BCUT2D eigenvalue weighted by atomic mass is 10.2. The maximum atomic E-state index is 11.3. The molecule has 0 amide bonds. The summed E-state index contributed by atoms with van der Waals surface area (Å²) in [4.78, 5) is 15.2. The number of aromatic nitrogens is 1. The Hall–Kier alpha value is -1.86. The summed E-state index contributed by atoms with van der Waals surface area (Å²) in [7, 11) is 1.28. The fraction of sp³-hybridized carbons (Fsp3) is 0.333. The number of ether oxygens (including phenoxy) is 1. The van der Waals surface area contributed by atoms with Crippen LogP contribution in [-0.4, -0.2) is 23.2 Å². The first kappa shape index (κ1) is 12.2. The van der Waals surface area contributed by atoms with Crippen molar-refractivity contribution < 1.29 is 14.6 Å². The molecule has 0 bridgehead atoms. The Labute approximate surface area is 94.3 Å². The van der Waals surface area contributed by atoms with E-state index in [1.165, 1.54) is 7.11 Å². The molecule has 0 atom stereocenters. The molecule has 0 aliphatic heterocycles. The average Bonchev–Trinajstić information content (AvgIpc) is 2.34. The molecule has 1 heterocycles. The van der Waals surface area contributed by atoms with E-state index in [-0.39, 0.29) is 12.3 Å². The summed E-state index contributed by atoms with van der Waals surface area (Å²) in [5.74, 6) is 5.24. The van der Waals surface area contributed by atoms with Gasteiger partial charge in [-0.15, -0.1) is 0 Å². The monoisotopic (exact) mass is 219 g/mol. The van der Waals surface area contributed by atoms with Crippen molar-refractivity contribution in [2.75, 3.05) is 7.11 Å². The van der Waals surface area contributed by atoms with Crippen LogP contribution in [0.4, 0.5) is 0 Å². The number of aliphatic hydroxyl groups is 1. The average molecular weight is 219 g/mol. The lowest BCUT2D eigenvalue weighted by Crippen LogP contribution is -2.07. The van der Waals surface area contributed by atoms with Crippen LogP contribution in [-0.2, 0) is 11.3 Å². The summed E-state index contributed by atoms with van der Waals surface area (Å²) in [6.45, 7) is 1.70. The summed E-state index contributed by atoms with van der Waals surface area (Å²) >= 11 is 0. The quantitative estimate of drug-likeness (QED) is 0.598. The second-order valence-electron chi connectivity index (χ2n) is 3.04. The van der Waals surface area contributed by atoms with E-state index in [0.717, 1.165) is 6.42 Å². The van der Waals surface area contributed by atoms with Crippen LogP contribution in [0.5, 0.6) is 0 Å². The standard InChI is InChI=1S/C12H13NO3/c1-3-4-5-9-6-10(8-14)13-11(7-9)12(15)16-2/h6-7,14H,3,8H2,1-2H3. The van der Waals surface area contributed by atoms with Gasteiger partial charge in [0.2, 0.25) is 0 Å². The van der Waals surface area contributed by atoms with Crippen molar-refractivity contribution in [3.63, 3.8) is 0 Å². The number of rotatable bonds is 2. The van der Waals surface area contributed by atoms with Gasteiger partial charge in [-0.3, -0.25) is 0 Å². The van der Waals surface area contributed by atoms with Crippen molar-refractivity contribution in [3.8, 4) is 11.8 Å². The number of hydrogen-bond donors (Lipinski definition) is 1. The van der Waals surface area contributed by atoms with Crippen LogP contribution < -0.4 is 0 Å². The smallest absolute Gasteiger partial charge is 0.356 e. The number of nitrogens with zero attached hydrogens (tertiary/aromatic N) is 1. The molecule has 1 aromatic rings. The summed E-state index contributed by atoms with van der Waals surface area (Å²) in [6, 6.07) is 3.20. The SMILES string of the molecule is CCC#Cc1cc(CO)nc(C(=O)OC)c1. The van der Waals surface area contributed by atoms with Crippen molar-refractivity contribution >= 4 is 5.97 Å². The van der Waals surface area contributed by atoms with E-state index in [1.54, 1.807) is 12.1 Å². The van der Waals surface area contributed by atoms with Gasteiger partial charge < -0.3 is 9.84 Å². The van der Waals surface area contributed by atoms with E-state index in [2.05, 4.69) is 21.6 Å². The number of carbonyl (C=O) groups is 1. The van der Waals surface area contributed by atoms with Crippen molar-refractivity contribution in [2.45, 2.75) is 20.0 Å². The maximum absolute atomic E-state index is 11.3. The number of carbonyl (C=O) groups excluding carboxylic acids is 1. The van der Waals surface area contributed by atoms with Gasteiger partial charge in [0, 0.05) is 12.0 Å². The van der Waals surface area contributed by atoms with Gasteiger partial charge in [0.1, 0.15) is 5.69 Å². The fourth-order valence-electron chi connectivity index (χ4n) is 1.14. The van der Waals surface area contributed by atoms with Gasteiger partial charge in [0.25, 0.3) is 0 Å². The summed E-state index contributed by atoms with van der Waals surface area (Å²) in [5.41, 5.74) is 1.22. The highest BCUT2D eigenvalue weighted by Crippen LogP contribution is 2.06. The largest absolute Gasteiger partial charge is 0.464 e. The van der Waals surface area contributed by atoms with Gasteiger partial charge in [0.15, 0.2) is 0 Å². The molecule has 0 fully saturated rings. The van der Waals surface area contributed by atoms with Gasteiger partial charge in [-0.25, -0.2) is 9.78 Å². The van der Waals surface area contributed by atoms with Crippen LogP contribution in [0.1, 0.15) is 35.1 Å². The highest BCUT2D eigenvalue weighted by molar-refractivity contribution is 5.87. The van der Waals surface area contributed by atoms with E-state index in [4.69, 9.17) is 5.11 Å². The van der Waals surface area contributed by atoms with Crippen LogP contribution >= 0.6 is 0 Å². The van der Waals surface area contributed by atoms with Crippen LogP contribution in [0, 0.1) is 11.8 Å². The lowest BCUT2D eigenvalue weighted by Gasteiger charge is -2.02. The molecule has 0 radical (unpaired) electrons. The number of aliphatic hydroxyl groups excluding tert-OH is 1. The first-order valence-electron chi connectivity index (χ1n) is 4.90. The molecule has 16 heavy (non-hydrogen) atoms. The zero-order valence-corrected chi connectivity index (χ0v) is 9.28. The van der Waals surface area contributed by atoms with Gasteiger partial charge in [-0.2, -0.15) is 0 Å². The van der Waals surface area contributed by atoms with Gasteiger partial charge in [0.05, 0.1) is 19.4 Å². The van der Waals surface area contributed by atoms with Crippen molar-refractivity contribution in [1.29, 1.82) is 0 Å². The molecule has 1 rings (SSSR count). The zero-order valence-electron chi connectivity index (χ0n) is 9.28. The Kier molecular flexibility index (Phi) is 4.49. The molecule has 0 saturated heterocycles. The van der Waals surface area contributed by atoms with E-state index in [9.17, 15) is 4.79 Å². The summed E-state index contributed by atoms with van der Waals surface area (Å²) in [5, 5.41) is 9.00. The molecule has 4 nitrogen and oxygen atoms in total. The third-order valence-corrected chi connectivity index (χ3v) is 1.84. The molecule has 1 aromatic heterocycles. The van der Waals surface area contributed by atoms with E-state index in [1.807, 2.05) is 6.92 Å². The molecule has 0 spiro atoms.